The lowest BCUT2D eigenvalue weighted by Gasteiger charge is -2.20. The number of rotatable bonds is 2. The second-order valence-corrected chi connectivity index (χ2v) is 4.04. The fourth-order valence-corrected chi connectivity index (χ4v) is 1.82. The van der Waals surface area contributed by atoms with Gasteiger partial charge in [-0.3, -0.25) is 9.63 Å². The average molecular weight is 221 g/mol. The minimum absolute atomic E-state index is 0.0689. The molecule has 2 atom stereocenters. The van der Waals surface area contributed by atoms with Gasteiger partial charge in [0.15, 0.2) is 0 Å². The number of carbonyl (C=O) groups excluding carboxylic acids is 1. The summed E-state index contributed by atoms with van der Waals surface area (Å²) < 4.78 is 0. The van der Waals surface area contributed by atoms with Crippen molar-refractivity contribution in [2.24, 2.45) is 0 Å². The van der Waals surface area contributed by atoms with E-state index in [1.54, 1.807) is 19.1 Å². The molecular formula is C12H15NO3. The van der Waals surface area contributed by atoms with Gasteiger partial charge in [-0.15, -0.1) is 0 Å². The number of hydrogen-bond donors (Lipinski definition) is 1. The molecule has 1 fully saturated rings. The van der Waals surface area contributed by atoms with E-state index in [0.29, 0.717) is 17.7 Å². The Bertz CT molecular complexity index is 403. The maximum Gasteiger partial charge on any atom is 0.253 e. The molecule has 4 nitrogen and oxygen atoms in total. The van der Waals surface area contributed by atoms with Gasteiger partial charge in [-0.25, -0.2) is 0 Å². The first-order valence-electron chi connectivity index (χ1n) is 5.36. The van der Waals surface area contributed by atoms with Crippen LogP contribution in [0.15, 0.2) is 24.3 Å². The zero-order valence-corrected chi connectivity index (χ0v) is 9.38. The minimum atomic E-state index is -0.622. The molecule has 1 saturated heterocycles. The van der Waals surface area contributed by atoms with E-state index in [2.05, 4.69) is 0 Å². The van der Waals surface area contributed by atoms with E-state index in [9.17, 15) is 9.90 Å². The summed E-state index contributed by atoms with van der Waals surface area (Å²) in [4.78, 5) is 17.1. The number of hydroxylamine groups is 1. The Morgan fingerprint density at radius 2 is 2.19 bits per heavy atom. The average Bonchev–Trinajstić information content (AvgIpc) is 2.57. The predicted molar refractivity (Wildman–Crippen MR) is 59.7 cm³/mol. The Kier molecular flexibility index (Phi) is 2.94. The summed E-state index contributed by atoms with van der Waals surface area (Å²) in [5, 5.41) is 10.9. The number of benzene rings is 1. The number of anilines is 1. The fourth-order valence-electron chi connectivity index (χ4n) is 1.82. The van der Waals surface area contributed by atoms with Crippen molar-refractivity contribution >= 4 is 11.6 Å². The highest BCUT2D eigenvalue weighted by Gasteiger charge is 2.31. The van der Waals surface area contributed by atoms with Crippen LogP contribution in [-0.2, 0) is 9.63 Å². The topological polar surface area (TPSA) is 49.8 Å². The van der Waals surface area contributed by atoms with Crippen LogP contribution in [0.2, 0.25) is 0 Å². The molecule has 2 rings (SSSR count). The summed E-state index contributed by atoms with van der Waals surface area (Å²) >= 11 is 0. The Balaban J connectivity index is 2.36. The summed E-state index contributed by atoms with van der Waals surface area (Å²) in [6.07, 6.45) is -0.341. The van der Waals surface area contributed by atoms with Gasteiger partial charge in [0, 0.05) is 5.56 Å². The largest absolute Gasteiger partial charge is 0.389 e. The SMILES string of the molecule is CC1CC(=O)N(c2ccccc2C(C)O)O1. The monoisotopic (exact) mass is 221 g/mol. The van der Waals surface area contributed by atoms with Crippen molar-refractivity contribution in [2.75, 3.05) is 5.06 Å². The molecule has 86 valence electrons. The Hall–Kier alpha value is -1.39. The molecular weight excluding hydrogens is 206 g/mol. The molecule has 1 aromatic rings. The van der Waals surface area contributed by atoms with Crippen molar-refractivity contribution in [3.8, 4) is 0 Å². The van der Waals surface area contributed by atoms with Crippen LogP contribution in [0.1, 0.15) is 31.9 Å². The van der Waals surface area contributed by atoms with E-state index in [4.69, 9.17) is 4.84 Å². The van der Waals surface area contributed by atoms with Gasteiger partial charge in [0.25, 0.3) is 5.91 Å². The lowest BCUT2D eigenvalue weighted by atomic mass is 10.1. The Morgan fingerprint density at radius 1 is 1.50 bits per heavy atom. The van der Waals surface area contributed by atoms with Crippen LogP contribution in [0.5, 0.6) is 0 Å². The molecule has 0 spiro atoms. The van der Waals surface area contributed by atoms with Crippen LogP contribution >= 0.6 is 0 Å². The van der Waals surface area contributed by atoms with Gasteiger partial charge in [-0.1, -0.05) is 18.2 Å². The zero-order chi connectivity index (χ0) is 11.7. The first kappa shape index (κ1) is 11.1. The smallest absolute Gasteiger partial charge is 0.253 e. The molecule has 1 aliphatic heterocycles. The normalized spacial score (nSPS) is 22.6. The van der Waals surface area contributed by atoms with Gasteiger partial charge in [0.05, 0.1) is 24.3 Å². The second kappa shape index (κ2) is 4.23. The van der Waals surface area contributed by atoms with E-state index in [1.807, 2.05) is 19.1 Å². The van der Waals surface area contributed by atoms with Crippen molar-refractivity contribution in [1.29, 1.82) is 0 Å². The van der Waals surface area contributed by atoms with E-state index >= 15 is 0 Å². The molecule has 0 saturated carbocycles. The summed E-state index contributed by atoms with van der Waals surface area (Å²) in [7, 11) is 0. The summed E-state index contributed by atoms with van der Waals surface area (Å²) in [5.74, 6) is -0.0689. The van der Waals surface area contributed by atoms with Crippen molar-refractivity contribution in [2.45, 2.75) is 32.5 Å². The van der Waals surface area contributed by atoms with Crippen LogP contribution in [0.4, 0.5) is 5.69 Å². The number of nitrogens with zero attached hydrogens (tertiary/aromatic N) is 1. The van der Waals surface area contributed by atoms with Gasteiger partial charge in [-0.05, 0) is 19.9 Å². The lowest BCUT2D eigenvalue weighted by Crippen LogP contribution is -2.24. The van der Waals surface area contributed by atoms with Gasteiger partial charge in [0.2, 0.25) is 0 Å². The zero-order valence-electron chi connectivity index (χ0n) is 9.38. The third-order valence-electron chi connectivity index (χ3n) is 2.58. The molecule has 0 aliphatic carbocycles. The van der Waals surface area contributed by atoms with E-state index in [0.717, 1.165) is 0 Å². The predicted octanol–water partition coefficient (Wildman–Crippen LogP) is 1.80. The number of hydrogen-bond acceptors (Lipinski definition) is 3. The van der Waals surface area contributed by atoms with Crippen molar-refractivity contribution < 1.29 is 14.7 Å². The Labute approximate surface area is 94.4 Å². The fraction of sp³-hybridized carbons (Fsp3) is 0.417. The van der Waals surface area contributed by atoms with Gasteiger partial charge in [0.1, 0.15) is 0 Å². The molecule has 4 heteroatoms. The maximum atomic E-state index is 11.7. The van der Waals surface area contributed by atoms with Gasteiger partial charge in [-0.2, -0.15) is 5.06 Å². The van der Waals surface area contributed by atoms with Crippen LogP contribution in [0, 0.1) is 0 Å². The van der Waals surface area contributed by atoms with Crippen molar-refractivity contribution in [3.05, 3.63) is 29.8 Å². The van der Waals surface area contributed by atoms with Crippen molar-refractivity contribution in [3.63, 3.8) is 0 Å². The highest BCUT2D eigenvalue weighted by atomic mass is 16.7. The number of aliphatic hydroxyl groups is 1. The standard InChI is InChI=1S/C12H15NO3/c1-8-7-12(15)13(16-8)11-6-4-3-5-10(11)9(2)14/h3-6,8-9,14H,7H2,1-2H3. The van der Waals surface area contributed by atoms with Gasteiger partial charge >= 0.3 is 0 Å². The second-order valence-electron chi connectivity index (χ2n) is 4.04. The third-order valence-corrected chi connectivity index (χ3v) is 2.58. The van der Waals surface area contributed by atoms with E-state index in [-0.39, 0.29) is 12.0 Å². The Morgan fingerprint density at radius 3 is 2.75 bits per heavy atom. The van der Waals surface area contributed by atoms with Crippen LogP contribution in [0.25, 0.3) is 0 Å². The number of amides is 1. The van der Waals surface area contributed by atoms with E-state index < -0.39 is 6.10 Å². The highest BCUT2D eigenvalue weighted by Crippen LogP contribution is 2.30. The first-order chi connectivity index (χ1) is 7.59. The summed E-state index contributed by atoms with van der Waals surface area (Å²) in [5.41, 5.74) is 1.33. The molecule has 1 aromatic carbocycles. The lowest BCUT2D eigenvalue weighted by molar-refractivity contribution is -0.119. The van der Waals surface area contributed by atoms with Crippen LogP contribution in [-0.4, -0.2) is 17.1 Å². The first-order valence-corrected chi connectivity index (χ1v) is 5.36. The molecule has 1 N–H and O–H groups in total. The third kappa shape index (κ3) is 1.94. The molecule has 2 unspecified atom stereocenters. The maximum absolute atomic E-state index is 11.7. The highest BCUT2D eigenvalue weighted by molar-refractivity contribution is 5.94. The number of aliphatic hydroxyl groups excluding tert-OH is 1. The molecule has 1 heterocycles. The quantitative estimate of drug-likeness (QED) is 0.828. The summed E-state index contributed by atoms with van der Waals surface area (Å²) in [6, 6.07) is 7.22. The molecule has 16 heavy (non-hydrogen) atoms. The van der Waals surface area contributed by atoms with Gasteiger partial charge < -0.3 is 5.11 Å². The summed E-state index contributed by atoms with van der Waals surface area (Å²) in [6.45, 7) is 3.52. The number of para-hydroxylation sites is 1. The molecule has 1 aliphatic rings. The molecule has 0 radical (unpaired) electrons. The van der Waals surface area contributed by atoms with E-state index in [1.165, 1.54) is 5.06 Å². The molecule has 0 aromatic heterocycles. The molecule has 1 amide bonds. The van der Waals surface area contributed by atoms with Crippen molar-refractivity contribution in [1.82, 2.24) is 0 Å². The van der Waals surface area contributed by atoms with Crippen LogP contribution < -0.4 is 5.06 Å². The number of carbonyl (C=O) groups is 1. The molecule has 0 bridgehead atoms. The van der Waals surface area contributed by atoms with Crippen LogP contribution in [0.3, 0.4) is 0 Å². The minimum Gasteiger partial charge on any atom is -0.389 e.